The molecule has 1 saturated heterocycles. The minimum absolute atomic E-state index is 0.622. The van der Waals surface area contributed by atoms with E-state index in [1.807, 2.05) is 0 Å². The number of aryl methyl sites for hydroxylation is 1. The highest BCUT2D eigenvalue weighted by Crippen LogP contribution is 2.25. The maximum atomic E-state index is 3.49. The van der Waals surface area contributed by atoms with Crippen molar-refractivity contribution in [3.63, 3.8) is 0 Å². The second-order valence-electron chi connectivity index (χ2n) is 5.65. The average molecular weight is 254 g/mol. The molecule has 1 aliphatic rings. The van der Waals surface area contributed by atoms with E-state index in [-0.39, 0.29) is 0 Å². The van der Waals surface area contributed by atoms with Gasteiger partial charge in [0.1, 0.15) is 0 Å². The molecule has 1 N–H and O–H groups in total. The Morgan fingerprint density at radius 2 is 1.89 bits per heavy atom. The Morgan fingerprint density at radius 3 is 2.68 bits per heavy atom. The molecule has 1 heterocycles. The Kier molecular flexibility index (Phi) is 3.43. The molecule has 2 nitrogen and oxygen atoms in total. The smallest absolute Gasteiger partial charge is 0.0411 e. The van der Waals surface area contributed by atoms with Crippen molar-refractivity contribution in [2.75, 3.05) is 25.0 Å². The molecule has 1 aliphatic heterocycles. The van der Waals surface area contributed by atoms with Gasteiger partial charge in [0.05, 0.1) is 0 Å². The van der Waals surface area contributed by atoms with Crippen LogP contribution in [-0.4, -0.2) is 26.2 Å². The molecule has 0 saturated carbocycles. The van der Waals surface area contributed by atoms with E-state index in [0.29, 0.717) is 6.04 Å². The summed E-state index contributed by atoms with van der Waals surface area (Å²) in [5.74, 6) is 0. The van der Waals surface area contributed by atoms with E-state index in [0.717, 1.165) is 6.54 Å². The zero-order valence-electron chi connectivity index (χ0n) is 11.8. The van der Waals surface area contributed by atoms with Gasteiger partial charge in [0.15, 0.2) is 0 Å². The third kappa shape index (κ3) is 2.59. The Morgan fingerprint density at radius 1 is 1.11 bits per heavy atom. The summed E-state index contributed by atoms with van der Waals surface area (Å²) in [6.07, 6.45) is 2.57. The first-order chi connectivity index (χ1) is 9.24. The van der Waals surface area contributed by atoms with E-state index < -0.39 is 0 Å². The quantitative estimate of drug-likeness (QED) is 0.884. The van der Waals surface area contributed by atoms with E-state index in [2.05, 4.69) is 60.6 Å². The lowest BCUT2D eigenvalue weighted by atomic mass is 10.0. The first-order valence-corrected chi connectivity index (χ1v) is 7.18. The van der Waals surface area contributed by atoms with Crippen LogP contribution in [0.3, 0.4) is 0 Å². The summed E-state index contributed by atoms with van der Waals surface area (Å²) in [5.41, 5.74) is 2.65. The van der Waals surface area contributed by atoms with E-state index in [4.69, 9.17) is 0 Å². The number of nitrogens with zero attached hydrogens (tertiary/aromatic N) is 1. The van der Waals surface area contributed by atoms with E-state index in [1.54, 1.807) is 0 Å². The van der Waals surface area contributed by atoms with Gasteiger partial charge in [0, 0.05) is 25.3 Å². The summed E-state index contributed by atoms with van der Waals surface area (Å²) in [6, 6.07) is 14.1. The van der Waals surface area contributed by atoms with Crippen molar-refractivity contribution in [2.24, 2.45) is 0 Å². The van der Waals surface area contributed by atoms with Crippen LogP contribution in [0.1, 0.15) is 18.4 Å². The topological polar surface area (TPSA) is 15.3 Å². The second kappa shape index (κ2) is 5.22. The van der Waals surface area contributed by atoms with Gasteiger partial charge in [0.25, 0.3) is 0 Å². The highest BCUT2D eigenvalue weighted by molar-refractivity contribution is 5.86. The van der Waals surface area contributed by atoms with Gasteiger partial charge in [-0.1, -0.05) is 29.8 Å². The average Bonchev–Trinajstić information content (AvgIpc) is 2.47. The lowest BCUT2D eigenvalue weighted by Gasteiger charge is -2.33. The molecular formula is C17H22N2. The Balaban J connectivity index is 1.89. The van der Waals surface area contributed by atoms with Crippen molar-refractivity contribution < 1.29 is 0 Å². The molecule has 0 bridgehead atoms. The molecule has 3 rings (SSSR count). The number of hydrogen-bond acceptors (Lipinski definition) is 2. The first-order valence-electron chi connectivity index (χ1n) is 7.18. The molecule has 0 aromatic heterocycles. The summed E-state index contributed by atoms with van der Waals surface area (Å²) < 4.78 is 0. The van der Waals surface area contributed by atoms with Crippen molar-refractivity contribution in [3.8, 4) is 0 Å². The number of nitrogens with one attached hydrogen (secondary N) is 1. The lowest BCUT2D eigenvalue weighted by molar-refractivity contribution is 0.445. The molecule has 1 unspecified atom stereocenters. The van der Waals surface area contributed by atoms with E-state index >= 15 is 0 Å². The molecule has 1 fully saturated rings. The fourth-order valence-corrected chi connectivity index (χ4v) is 2.95. The fourth-order valence-electron chi connectivity index (χ4n) is 2.95. The zero-order chi connectivity index (χ0) is 13.2. The van der Waals surface area contributed by atoms with Crippen LogP contribution in [0.15, 0.2) is 36.4 Å². The second-order valence-corrected chi connectivity index (χ2v) is 5.65. The Bertz CT molecular complexity index is 570. The van der Waals surface area contributed by atoms with Crippen LogP contribution < -0.4 is 10.2 Å². The predicted molar refractivity (Wildman–Crippen MR) is 83.0 cm³/mol. The molecule has 0 radical (unpaired) electrons. The SMILES string of the molecule is Cc1ccc2cc(N(C)C3CCCNC3)ccc2c1. The summed E-state index contributed by atoms with van der Waals surface area (Å²) in [7, 11) is 2.22. The van der Waals surface area contributed by atoms with Gasteiger partial charge in [-0.2, -0.15) is 0 Å². The summed E-state index contributed by atoms with van der Waals surface area (Å²) in [4.78, 5) is 2.42. The van der Waals surface area contributed by atoms with Crippen molar-refractivity contribution in [1.29, 1.82) is 0 Å². The number of rotatable bonds is 2. The largest absolute Gasteiger partial charge is 0.370 e. The highest BCUT2D eigenvalue weighted by Gasteiger charge is 2.17. The van der Waals surface area contributed by atoms with Crippen LogP contribution in [0.4, 0.5) is 5.69 Å². The van der Waals surface area contributed by atoms with Crippen LogP contribution >= 0.6 is 0 Å². The zero-order valence-corrected chi connectivity index (χ0v) is 11.8. The molecule has 2 aromatic carbocycles. The molecule has 100 valence electrons. The van der Waals surface area contributed by atoms with Crippen LogP contribution in [0, 0.1) is 6.92 Å². The summed E-state index contributed by atoms with van der Waals surface area (Å²) >= 11 is 0. The molecule has 1 atom stereocenters. The van der Waals surface area contributed by atoms with Gasteiger partial charge in [-0.15, -0.1) is 0 Å². The number of likely N-dealkylation sites (N-methyl/N-ethyl adjacent to an activating group) is 1. The van der Waals surface area contributed by atoms with Gasteiger partial charge in [-0.3, -0.25) is 0 Å². The summed E-state index contributed by atoms with van der Waals surface area (Å²) in [5, 5.41) is 6.15. The van der Waals surface area contributed by atoms with Crippen molar-refractivity contribution >= 4 is 16.5 Å². The summed E-state index contributed by atoms with van der Waals surface area (Å²) in [6.45, 7) is 4.41. The molecule has 19 heavy (non-hydrogen) atoms. The monoisotopic (exact) mass is 254 g/mol. The van der Waals surface area contributed by atoms with Crippen molar-refractivity contribution in [3.05, 3.63) is 42.0 Å². The molecule has 2 heteroatoms. The maximum absolute atomic E-state index is 3.49. The van der Waals surface area contributed by atoms with Crippen LogP contribution in [-0.2, 0) is 0 Å². The molecule has 0 amide bonds. The number of hydrogen-bond donors (Lipinski definition) is 1. The third-order valence-corrected chi connectivity index (χ3v) is 4.21. The minimum Gasteiger partial charge on any atom is -0.370 e. The van der Waals surface area contributed by atoms with Gasteiger partial charge in [0.2, 0.25) is 0 Å². The fraction of sp³-hybridized carbons (Fsp3) is 0.412. The standard InChI is InChI=1S/C17H22N2/c1-13-5-6-15-11-16(8-7-14(15)10-13)19(2)17-4-3-9-18-12-17/h5-8,10-11,17-18H,3-4,9,12H2,1-2H3. The normalized spacial score (nSPS) is 19.6. The van der Waals surface area contributed by atoms with E-state index in [1.165, 1.54) is 41.4 Å². The Hall–Kier alpha value is -1.54. The number of piperidine rings is 1. The molecule has 0 aliphatic carbocycles. The van der Waals surface area contributed by atoms with Gasteiger partial charge in [-0.05, 0) is 49.2 Å². The van der Waals surface area contributed by atoms with Crippen LogP contribution in [0.2, 0.25) is 0 Å². The third-order valence-electron chi connectivity index (χ3n) is 4.21. The van der Waals surface area contributed by atoms with Crippen molar-refractivity contribution in [2.45, 2.75) is 25.8 Å². The van der Waals surface area contributed by atoms with Gasteiger partial charge < -0.3 is 10.2 Å². The Labute approximate surface area is 115 Å². The minimum atomic E-state index is 0.622. The maximum Gasteiger partial charge on any atom is 0.0411 e. The van der Waals surface area contributed by atoms with Gasteiger partial charge in [-0.25, -0.2) is 0 Å². The molecular weight excluding hydrogens is 232 g/mol. The molecule has 0 spiro atoms. The van der Waals surface area contributed by atoms with Crippen LogP contribution in [0.5, 0.6) is 0 Å². The highest BCUT2D eigenvalue weighted by atomic mass is 15.2. The number of anilines is 1. The predicted octanol–water partition coefficient (Wildman–Crippen LogP) is 3.34. The van der Waals surface area contributed by atoms with Crippen molar-refractivity contribution in [1.82, 2.24) is 5.32 Å². The number of benzene rings is 2. The first kappa shape index (κ1) is 12.5. The lowest BCUT2D eigenvalue weighted by Crippen LogP contribution is -2.44. The number of fused-ring (bicyclic) bond motifs is 1. The van der Waals surface area contributed by atoms with Gasteiger partial charge >= 0.3 is 0 Å². The van der Waals surface area contributed by atoms with E-state index in [9.17, 15) is 0 Å². The molecule has 2 aromatic rings. The van der Waals surface area contributed by atoms with Crippen LogP contribution in [0.25, 0.3) is 10.8 Å².